The van der Waals surface area contributed by atoms with Gasteiger partial charge in [0.1, 0.15) is 11.5 Å². The Morgan fingerprint density at radius 1 is 0.864 bits per heavy atom. The maximum Gasteiger partial charge on any atom is 0.332 e. The summed E-state index contributed by atoms with van der Waals surface area (Å²) in [6, 6.07) is 24.2. The molecule has 1 fully saturated rings. The van der Waals surface area contributed by atoms with Gasteiger partial charge in [0.2, 0.25) is 11.9 Å². The van der Waals surface area contributed by atoms with E-state index in [4.69, 9.17) is 21.3 Å². The van der Waals surface area contributed by atoms with E-state index in [0.717, 1.165) is 15.9 Å². The molecule has 6 rings (SSSR count). The van der Waals surface area contributed by atoms with Crippen molar-refractivity contribution in [1.29, 1.82) is 0 Å². The summed E-state index contributed by atoms with van der Waals surface area (Å²) in [7, 11) is 3.09. The van der Waals surface area contributed by atoms with Crippen molar-refractivity contribution < 1.29 is 9.53 Å². The SMILES string of the molecule is Cn1c(=O)c2c(nc(N3CCN(CC(=O)Nc4ccc(Oc5ccccc5)cc4)CC3)n2Cc2ccc(Cl)cc2)n(C)c1=O. The molecule has 0 saturated carbocycles. The first-order chi connectivity index (χ1) is 21.3. The second-order valence-corrected chi connectivity index (χ2v) is 11.2. The number of rotatable bonds is 8. The van der Waals surface area contributed by atoms with Crippen molar-refractivity contribution in [2.45, 2.75) is 6.54 Å². The number of anilines is 2. The summed E-state index contributed by atoms with van der Waals surface area (Å²) < 4.78 is 10.2. The lowest BCUT2D eigenvalue weighted by Crippen LogP contribution is -2.49. The molecule has 226 valence electrons. The molecule has 0 aliphatic carbocycles. The van der Waals surface area contributed by atoms with Gasteiger partial charge in [-0.3, -0.25) is 28.2 Å². The second kappa shape index (κ2) is 12.4. The third-order valence-electron chi connectivity index (χ3n) is 7.72. The van der Waals surface area contributed by atoms with E-state index in [1.807, 2.05) is 71.3 Å². The number of aromatic nitrogens is 4. The van der Waals surface area contributed by atoms with Crippen LogP contribution in [0.4, 0.5) is 11.6 Å². The average molecular weight is 614 g/mol. The lowest BCUT2D eigenvalue weighted by atomic mass is 10.2. The van der Waals surface area contributed by atoms with E-state index in [1.54, 1.807) is 19.2 Å². The van der Waals surface area contributed by atoms with Crippen molar-refractivity contribution in [1.82, 2.24) is 23.6 Å². The molecule has 11 nitrogen and oxygen atoms in total. The molecule has 1 saturated heterocycles. The molecule has 0 unspecified atom stereocenters. The molecule has 1 aliphatic heterocycles. The molecule has 0 bridgehead atoms. The van der Waals surface area contributed by atoms with E-state index < -0.39 is 11.2 Å². The molecule has 44 heavy (non-hydrogen) atoms. The quantitative estimate of drug-likeness (QED) is 0.285. The summed E-state index contributed by atoms with van der Waals surface area (Å²) in [4.78, 5) is 47.8. The number of fused-ring (bicyclic) bond motifs is 1. The third kappa shape index (κ3) is 6.10. The lowest BCUT2D eigenvalue weighted by Gasteiger charge is -2.35. The first-order valence-corrected chi connectivity index (χ1v) is 14.7. The Morgan fingerprint density at radius 3 is 2.20 bits per heavy atom. The predicted octanol–water partition coefficient (Wildman–Crippen LogP) is 3.69. The molecule has 0 radical (unpaired) electrons. The van der Waals surface area contributed by atoms with Crippen molar-refractivity contribution in [2.24, 2.45) is 14.1 Å². The van der Waals surface area contributed by atoms with Gasteiger partial charge in [0.25, 0.3) is 5.56 Å². The van der Waals surface area contributed by atoms with E-state index >= 15 is 0 Å². The summed E-state index contributed by atoms with van der Waals surface area (Å²) in [6.45, 7) is 3.06. The number of para-hydroxylation sites is 1. The monoisotopic (exact) mass is 613 g/mol. The van der Waals surface area contributed by atoms with Crippen LogP contribution in [0.15, 0.2) is 88.5 Å². The molecule has 3 heterocycles. The maximum absolute atomic E-state index is 13.3. The molecule has 12 heteroatoms. The Morgan fingerprint density at radius 2 is 1.52 bits per heavy atom. The van der Waals surface area contributed by atoms with Crippen LogP contribution < -0.4 is 26.2 Å². The Hall–Kier alpha value is -4.87. The van der Waals surface area contributed by atoms with Crippen LogP contribution in [0.2, 0.25) is 5.02 Å². The second-order valence-electron chi connectivity index (χ2n) is 10.8. The average Bonchev–Trinajstić information content (AvgIpc) is 3.41. The number of aryl methyl sites for hydroxylation is 1. The number of benzene rings is 3. The van der Waals surface area contributed by atoms with Gasteiger partial charge in [-0.2, -0.15) is 4.98 Å². The smallest absolute Gasteiger partial charge is 0.332 e. The molecule has 1 amide bonds. The van der Waals surface area contributed by atoms with Crippen molar-refractivity contribution in [2.75, 3.05) is 42.9 Å². The van der Waals surface area contributed by atoms with E-state index in [9.17, 15) is 14.4 Å². The first kappa shape index (κ1) is 29.2. The van der Waals surface area contributed by atoms with Crippen molar-refractivity contribution in [3.63, 3.8) is 0 Å². The van der Waals surface area contributed by atoms with E-state index in [-0.39, 0.29) is 12.5 Å². The van der Waals surface area contributed by atoms with Crippen LogP contribution in [-0.4, -0.2) is 62.2 Å². The van der Waals surface area contributed by atoms with Gasteiger partial charge >= 0.3 is 5.69 Å². The fourth-order valence-corrected chi connectivity index (χ4v) is 5.47. The van der Waals surface area contributed by atoms with Gasteiger partial charge < -0.3 is 15.0 Å². The zero-order valence-electron chi connectivity index (χ0n) is 24.4. The van der Waals surface area contributed by atoms with Crippen LogP contribution in [-0.2, 0) is 25.4 Å². The Bertz CT molecular complexity index is 1910. The maximum atomic E-state index is 13.3. The van der Waals surface area contributed by atoms with Crippen molar-refractivity contribution in [3.8, 4) is 11.5 Å². The molecule has 1 N–H and O–H groups in total. The molecule has 0 atom stereocenters. The van der Waals surface area contributed by atoms with E-state index in [2.05, 4.69) is 15.1 Å². The van der Waals surface area contributed by atoms with Crippen LogP contribution in [0.1, 0.15) is 5.56 Å². The van der Waals surface area contributed by atoms with Gasteiger partial charge in [0.05, 0.1) is 13.1 Å². The number of hydrogen-bond donors (Lipinski definition) is 1. The summed E-state index contributed by atoms with van der Waals surface area (Å²) in [5, 5.41) is 3.58. The van der Waals surface area contributed by atoms with Crippen molar-refractivity contribution >= 4 is 40.3 Å². The predicted molar refractivity (Wildman–Crippen MR) is 171 cm³/mol. The Kier molecular flexibility index (Phi) is 8.23. The highest BCUT2D eigenvalue weighted by Crippen LogP contribution is 2.24. The highest BCUT2D eigenvalue weighted by atomic mass is 35.5. The minimum absolute atomic E-state index is 0.108. The molecule has 3 aromatic carbocycles. The normalized spacial score (nSPS) is 13.8. The van der Waals surface area contributed by atoms with E-state index in [1.165, 1.54) is 11.6 Å². The van der Waals surface area contributed by atoms with Gasteiger partial charge in [-0.05, 0) is 54.1 Å². The molecule has 5 aromatic rings. The van der Waals surface area contributed by atoms with Crippen LogP contribution in [0.25, 0.3) is 11.2 Å². The number of amides is 1. The number of carbonyl (C=O) groups excluding carboxylic acids is 1. The highest BCUT2D eigenvalue weighted by molar-refractivity contribution is 6.30. The van der Waals surface area contributed by atoms with Crippen LogP contribution >= 0.6 is 11.6 Å². The number of imidazole rings is 1. The minimum atomic E-state index is -0.431. The van der Waals surface area contributed by atoms with Crippen LogP contribution in [0.3, 0.4) is 0 Å². The molecular formula is C32H32ClN7O4. The number of ether oxygens (including phenoxy) is 1. The van der Waals surface area contributed by atoms with Gasteiger partial charge in [0, 0.05) is 51.0 Å². The molecule has 2 aromatic heterocycles. The third-order valence-corrected chi connectivity index (χ3v) is 7.97. The topological polar surface area (TPSA) is 107 Å². The number of nitrogens with zero attached hydrogens (tertiary/aromatic N) is 6. The number of piperazine rings is 1. The standard InChI is InChI=1S/C32H32ClN7O4/c1-36-29-28(30(42)37(2)32(36)43)40(20-22-8-10-23(33)11-9-22)31(35-29)39-18-16-38(17-19-39)21-27(41)34-24-12-14-26(15-13-24)44-25-6-4-3-5-7-25/h3-15H,16-21H2,1-2H3,(H,34,41). The Balaban J connectivity index is 1.13. The number of hydrogen-bond acceptors (Lipinski definition) is 7. The zero-order valence-corrected chi connectivity index (χ0v) is 25.2. The fourth-order valence-electron chi connectivity index (χ4n) is 5.34. The van der Waals surface area contributed by atoms with Crippen LogP contribution in [0.5, 0.6) is 11.5 Å². The van der Waals surface area contributed by atoms with Crippen molar-refractivity contribution in [3.05, 3.63) is 110 Å². The summed E-state index contributed by atoms with van der Waals surface area (Å²) in [5.41, 5.74) is 1.51. The lowest BCUT2D eigenvalue weighted by molar-refractivity contribution is -0.117. The number of nitrogens with one attached hydrogen (secondary N) is 1. The zero-order chi connectivity index (χ0) is 30.8. The molecule has 0 spiro atoms. The first-order valence-electron chi connectivity index (χ1n) is 14.3. The van der Waals surface area contributed by atoms with Gasteiger partial charge in [0.15, 0.2) is 11.2 Å². The van der Waals surface area contributed by atoms with Gasteiger partial charge in [-0.15, -0.1) is 0 Å². The summed E-state index contributed by atoms with van der Waals surface area (Å²) >= 11 is 6.10. The number of carbonyl (C=O) groups is 1. The summed E-state index contributed by atoms with van der Waals surface area (Å²) in [5.74, 6) is 1.93. The fraction of sp³-hybridized carbons (Fsp3) is 0.250. The molecular weight excluding hydrogens is 582 g/mol. The Labute approximate surface area is 258 Å². The van der Waals surface area contributed by atoms with Crippen LogP contribution in [0, 0.1) is 0 Å². The number of halogens is 1. The largest absolute Gasteiger partial charge is 0.457 e. The van der Waals surface area contributed by atoms with E-state index in [0.29, 0.717) is 66.3 Å². The highest BCUT2D eigenvalue weighted by Gasteiger charge is 2.26. The molecule has 1 aliphatic rings. The van der Waals surface area contributed by atoms with Gasteiger partial charge in [-0.25, -0.2) is 4.79 Å². The minimum Gasteiger partial charge on any atom is -0.457 e. The summed E-state index contributed by atoms with van der Waals surface area (Å²) in [6.07, 6.45) is 0. The van der Waals surface area contributed by atoms with Gasteiger partial charge in [-0.1, -0.05) is 41.9 Å².